The maximum Gasteiger partial charge on any atom is 0.227 e. The molecule has 146 valence electrons. The number of hydrogen-bond donors (Lipinski definition) is 0. The molecule has 1 amide bonds. The van der Waals surface area contributed by atoms with E-state index < -0.39 is 0 Å². The van der Waals surface area contributed by atoms with Gasteiger partial charge in [-0.05, 0) is 37.5 Å². The number of hydrogen-bond acceptors (Lipinski definition) is 6. The number of piperidine rings is 1. The normalized spacial score (nSPS) is 17.1. The zero-order valence-electron chi connectivity index (χ0n) is 16.0. The summed E-state index contributed by atoms with van der Waals surface area (Å²) in [6.45, 7) is 6.33. The lowest BCUT2D eigenvalue weighted by Gasteiger charge is -2.32. The van der Waals surface area contributed by atoms with E-state index in [9.17, 15) is 4.79 Å². The molecule has 0 bridgehead atoms. The molecule has 2 aromatic rings. The van der Waals surface area contributed by atoms with Crippen LogP contribution in [0.5, 0.6) is 5.75 Å². The Bertz CT molecular complexity index is 729. The maximum absolute atomic E-state index is 12.6. The van der Waals surface area contributed by atoms with Crippen molar-refractivity contribution >= 4 is 5.91 Å². The van der Waals surface area contributed by atoms with Gasteiger partial charge in [0.2, 0.25) is 11.8 Å². The predicted molar refractivity (Wildman–Crippen MR) is 99.6 cm³/mol. The van der Waals surface area contributed by atoms with Crippen LogP contribution in [0.25, 0.3) is 0 Å². The number of aromatic nitrogens is 2. The van der Waals surface area contributed by atoms with Crippen LogP contribution in [0.2, 0.25) is 0 Å². The Kier molecular flexibility index (Phi) is 6.81. The van der Waals surface area contributed by atoms with E-state index in [0.29, 0.717) is 44.3 Å². The Balaban J connectivity index is 1.44. The van der Waals surface area contributed by atoms with Crippen LogP contribution in [0.3, 0.4) is 0 Å². The summed E-state index contributed by atoms with van der Waals surface area (Å²) in [5, 5.41) is 3.87. The van der Waals surface area contributed by atoms with Crippen LogP contribution in [0.15, 0.2) is 28.8 Å². The average molecular weight is 373 g/mol. The summed E-state index contributed by atoms with van der Waals surface area (Å²) in [6.07, 6.45) is 3.02. The summed E-state index contributed by atoms with van der Waals surface area (Å²) in [6, 6.07) is 7.73. The lowest BCUT2D eigenvalue weighted by molar-refractivity contribution is -0.134. The number of aryl methyl sites for hydroxylation is 1. The first-order valence-electron chi connectivity index (χ1n) is 9.54. The van der Waals surface area contributed by atoms with E-state index in [1.54, 1.807) is 6.92 Å². The van der Waals surface area contributed by atoms with Crippen LogP contribution in [0.4, 0.5) is 0 Å². The summed E-state index contributed by atoms with van der Waals surface area (Å²) in [4.78, 5) is 18.7. The Labute approximate surface area is 159 Å². The first kappa shape index (κ1) is 19.4. The number of ether oxygens (including phenoxy) is 2. The zero-order valence-corrected chi connectivity index (χ0v) is 16.0. The molecule has 0 spiro atoms. The van der Waals surface area contributed by atoms with Crippen molar-refractivity contribution in [2.75, 3.05) is 26.3 Å². The molecule has 27 heavy (non-hydrogen) atoms. The van der Waals surface area contributed by atoms with E-state index in [-0.39, 0.29) is 12.0 Å². The van der Waals surface area contributed by atoms with E-state index in [4.69, 9.17) is 14.0 Å². The topological polar surface area (TPSA) is 77.7 Å². The van der Waals surface area contributed by atoms with Gasteiger partial charge < -0.3 is 18.9 Å². The fourth-order valence-electron chi connectivity index (χ4n) is 3.22. The number of amides is 1. The molecule has 0 radical (unpaired) electrons. The van der Waals surface area contributed by atoms with Crippen molar-refractivity contribution in [3.05, 3.63) is 41.5 Å². The number of benzene rings is 1. The van der Waals surface area contributed by atoms with Crippen LogP contribution in [0.1, 0.15) is 37.0 Å². The van der Waals surface area contributed by atoms with Gasteiger partial charge in [0.1, 0.15) is 5.75 Å². The molecule has 7 nitrogen and oxygen atoms in total. The summed E-state index contributed by atoms with van der Waals surface area (Å²) >= 11 is 0. The van der Waals surface area contributed by atoms with Crippen LogP contribution < -0.4 is 4.74 Å². The van der Waals surface area contributed by atoms with Crippen LogP contribution in [0, 0.1) is 6.92 Å². The third kappa shape index (κ3) is 5.79. The van der Waals surface area contributed by atoms with Crippen LogP contribution in [-0.4, -0.2) is 53.4 Å². The third-order valence-electron chi connectivity index (χ3n) is 4.57. The van der Waals surface area contributed by atoms with Crippen molar-refractivity contribution in [1.29, 1.82) is 0 Å². The summed E-state index contributed by atoms with van der Waals surface area (Å²) in [5.74, 6) is 2.19. The SMILES string of the molecule is CCOc1ccc(CC(=O)N2CCCC(OCCc3noc(C)n3)C2)cc1. The molecule has 1 aromatic carbocycles. The summed E-state index contributed by atoms with van der Waals surface area (Å²) in [7, 11) is 0. The van der Waals surface area contributed by atoms with Crippen molar-refractivity contribution in [3.63, 3.8) is 0 Å². The molecule has 0 aliphatic carbocycles. The van der Waals surface area contributed by atoms with Gasteiger partial charge in [-0.2, -0.15) is 4.98 Å². The molecule has 1 saturated heterocycles. The Morgan fingerprint density at radius 2 is 2.15 bits per heavy atom. The minimum Gasteiger partial charge on any atom is -0.494 e. The Hall–Kier alpha value is -2.41. The molecule has 2 heterocycles. The van der Waals surface area contributed by atoms with Gasteiger partial charge >= 0.3 is 0 Å². The zero-order chi connectivity index (χ0) is 19.1. The van der Waals surface area contributed by atoms with Crippen molar-refractivity contribution in [2.24, 2.45) is 0 Å². The Morgan fingerprint density at radius 1 is 1.33 bits per heavy atom. The molecule has 1 aromatic heterocycles. The number of nitrogens with zero attached hydrogens (tertiary/aromatic N) is 3. The van der Waals surface area contributed by atoms with Gasteiger partial charge in [0, 0.05) is 26.4 Å². The molecular formula is C20H27N3O4. The molecule has 7 heteroatoms. The average Bonchev–Trinajstić information content (AvgIpc) is 3.09. The minimum atomic E-state index is 0.0658. The minimum absolute atomic E-state index is 0.0658. The highest BCUT2D eigenvalue weighted by molar-refractivity contribution is 5.79. The van der Waals surface area contributed by atoms with Gasteiger partial charge in [0.25, 0.3) is 0 Å². The van der Waals surface area contributed by atoms with Gasteiger partial charge in [0.15, 0.2) is 5.82 Å². The monoisotopic (exact) mass is 373 g/mol. The standard InChI is InChI=1S/C20H27N3O4/c1-3-25-17-8-6-16(7-9-17)13-20(24)23-11-4-5-18(14-23)26-12-10-19-21-15(2)27-22-19/h6-9,18H,3-5,10-14H2,1-2H3. The molecule has 1 unspecified atom stereocenters. The number of likely N-dealkylation sites (tertiary alicyclic amines) is 1. The second-order valence-corrected chi connectivity index (χ2v) is 6.71. The van der Waals surface area contributed by atoms with Gasteiger partial charge in [0.05, 0.1) is 25.7 Å². The van der Waals surface area contributed by atoms with E-state index in [0.717, 1.165) is 30.7 Å². The molecule has 0 saturated carbocycles. The van der Waals surface area contributed by atoms with E-state index >= 15 is 0 Å². The van der Waals surface area contributed by atoms with Crippen molar-refractivity contribution in [3.8, 4) is 5.75 Å². The first-order valence-corrected chi connectivity index (χ1v) is 9.54. The number of carbonyl (C=O) groups is 1. The first-order chi connectivity index (χ1) is 13.1. The van der Waals surface area contributed by atoms with Crippen LogP contribution >= 0.6 is 0 Å². The van der Waals surface area contributed by atoms with Gasteiger partial charge in [-0.15, -0.1) is 0 Å². The number of carbonyl (C=O) groups excluding carboxylic acids is 1. The second-order valence-electron chi connectivity index (χ2n) is 6.71. The van der Waals surface area contributed by atoms with Crippen molar-refractivity contribution in [2.45, 2.75) is 45.6 Å². The lowest BCUT2D eigenvalue weighted by atomic mass is 10.1. The van der Waals surface area contributed by atoms with Gasteiger partial charge in [-0.25, -0.2) is 0 Å². The van der Waals surface area contributed by atoms with E-state index in [1.165, 1.54) is 0 Å². The number of rotatable bonds is 8. The molecule has 1 fully saturated rings. The summed E-state index contributed by atoms with van der Waals surface area (Å²) < 4.78 is 16.3. The van der Waals surface area contributed by atoms with Crippen LogP contribution in [-0.2, 0) is 22.4 Å². The third-order valence-corrected chi connectivity index (χ3v) is 4.57. The second kappa shape index (κ2) is 9.50. The van der Waals surface area contributed by atoms with Gasteiger partial charge in [-0.3, -0.25) is 4.79 Å². The highest BCUT2D eigenvalue weighted by Crippen LogP contribution is 2.17. The lowest BCUT2D eigenvalue weighted by Crippen LogP contribution is -2.44. The largest absolute Gasteiger partial charge is 0.494 e. The fourth-order valence-corrected chi connectivity index (χ4v) is 3.22. The highest BCUT2D eigenvalue weighted by Gasteiger charge is 2.24. The molecule has 1 atom stereocenters. The van der Waals surface area contributed by atoms with Gasteiger partial charge in [-0.1, -0.05) is 17.3 Å². The molecule has 0 N–H and O–H groups in total. The van der Waals surface area contributed by atoms with E-state index in [2.05, 4.69) is 10.1 Å². The summed E-state index contributed by atoms with van der Waals surface area (Å²) in [5.41, 5.74) is 0.999. The molecule has 1 aliphatic rings. The van der Waals surface area contributed by atoms with Crippen molar-refractivity contribution in [1.82, 2.24) is 15.0 Å². The van der Waals surface area contributed by atoms with E-state index in [1.807, 2.05) is 36.1 Å². The molecular weight excluding hydrogens is 346 g/mol. The molecule has 1 aliphatic heterocycles. The quantitative estimate of drug-likeness (QED) is 0.708. The van der Waals surface area contributed by atoms with Crippen molar-refractivity contribution < 1.29 is 18.8 Å². The fraction of sp³-hybridized carbons (Fsp3) is 0.550. The highest BCUT2D eigenvalue weighted by atomic mass is 16.5. The predicted octanol–water partition coefficient (Wildman–Crippen LogP) is 2.57. The smallest absolute Gasteiger partial charge is 0.227 e. The Morgan fingerprint density at radius 3 is 2.85 bits per heavy atom. The molecule has 3 rings (SSSR count). The maximum atomic E-state index is 12.6.